The van der Waals surface area contributed by atoms with Crippen molar-refractivity contribution in [3.05, 3.63) is 35.9 Å². The van der Waals surface area contributed by atoms with Gasteiger partial charge in [-0.15, -0.1) is 0 Å². The van der Waals surface area contributed by atoms with Crippen molar-refractivity contribution >= 4 is 15.0 Å². The number of benzene rings is 1. The average Bonchev–Trinajstić information content (AvgIpc) is 2.03. The Hall–Kier alpha value is -0.701. The van der Waals surface area contributed by atoms with Crippen molar-refractivity contribution in [2.24, 2.45) is 0 Å². The summed E-state index contributed by atoms with van der Waals surface area (Å²) in [5.74, 6) is 0. The molecule has 0 atom stereocenters. The SMILES string of the molecule is C#C[Se]Cc1ccccc1. The van der Waals surface area contributed by atoms with Crippen LogP contribution in [0.5, 0.6) is 0 Å². The minimum absolute atomic E-state index is 0.349. The quantitative estimate of drug-likeness (QED) is 0.495. The Morgan fingerprint density at radius 2 is 2.00 bits per heavy atom. The van der Waals surface area contributed by atoms with E-state index >= 15 is 0 Å². The van der Waals surface area contributed by atoms with Gasteiger partial charge in [0.1, 0.15) is 0 Å². The molecule has 0 N–H and O–H groups in total. The van der Waals surface area contributed by atoms with Gasteiger partial charge >= 0.3 is 67.4 Å². The molecule has 1 heteroatoms. The first kappa shape index (κ1) is 7.41. The van der Waals surface area contributed by atoms with Gasteiger partial charge in [-0.25, -0.2) is 0 Å². The Kier molecular flexibility index (Phi) is 3.09. The van der Waals surface area contributed by atoms with Crippen LogP contribution in [0.1, 0.15) is 5.56 Å². The van der Waals surface area contributed by atoms with Crippen molar-refractivity contribution in [2.75, 3.05) is 0 Å². The standard InChI is InChI=1S/C9H8Se/c1-2-10-8-9-6-4-3-5-7-9/h1,3-7H,8H2. The molecule has 0 unspecified atom stereocenters. The molecule has 10 heavy (non-hydrogen) atoms. The van der Waals surface area contributed by atoms with E-state index in [0.717, 1.165) is 5.32 Å². The van der Waals surface area contributed by atoms with Gasteiger partial charge in [0.15, 0.2) is 0 Å². The van der Waals surface area contributed by atoms with Gasteiger partial charge in [0.25, 0.3) is 0 Å². The maximum atomic E-state index is 5.15. The second-order valence-electron chi connectivity index (χ2n) is 1.89. The maximum absolute atomic E-state index is 5.15. The van der Waals surface area contributed by atoms with Gasteiger partial charge in [0.2, 0.25) is 0 Å². The zero-order valence-corrected chi connectivity index (χ0v) is 7.29. The molecule has 0 saturated carbocycles. The van der Waals surface area contributed by atoms with Gasteiger partial charge in [0, 0.05) is 0 Å². The number of terminal acetylenes is 1. The fraction of sp³-hybridized carbons (Fsp3) is 0.111. The first-order valence-corrected chi connectivity index (χ1v) is 5.11. The van der Waals surface area contributed by atoms with E-state index in [4.69, 9.17) is 6.42 Å². The molecule has 0 spiro atoms. The zero-order valence-electron chi connectivity index (χ0n) is 5.58. The van der Waals surface area contributed by atoms with Crippen LogP contribution >= 0.6 is 0 Å². The van der Waals surface area contributed by atoms with Crippen molar-refractivity contribution in [1.29, 1.82) is 0 Å². The van der Waals surface area contributed by atoms with E-state index in [2.05, 4.69) is 17.0 Å². The molecule has 0 aliphatic heterocycles. The predicted octanol–water partition coefficient (Wildman–Crippen LogP) is 1.48. The van der Waals surface area contributed by atoms with Crippen LogP contribution in [-0.4, -0.2) is 15.0 Å². The second-order valence-corrected chi connectivity index (χ2v) is 3.60. The van der Waals surface area contributed by atoms with Gasteiger partial charge in [-0.1, -0.05) is 0 Å². The van der Waals surface area contributed by atoms with Gasteiger partial charge in [0.05, 0.1) is 0 Å². The molecule has 0 aliphatic rings. The van der Waals surface area contributed by atoms with Crippen LogP contribution in [-0.2, 0) is 5.32 Å². The number of hydrogen-bond donors (Lipinski definition) is 0. The monoisotopic (exact) mass is 196 g/mol. The first-order valence-electron chi connectivity index (χ1n) is 3.05. The summed E-state index contributed by atoms with van der Waals surface area (Å²) in [4.78, 5) is 2.68. The van der Waals surface area contributed by atoms with E-state index in [-0.39, 0.29) is 0 Å². The molecule has 0 heterocycles. The van der Waals surface area contributed by atoms with E-state index in [1.54, 1.807) is 0 Å². The Balaban J connectivity index is 2.52. The van der Waals surface area contributed by atoms with Crippen molar-refractivity contribution in [3.8, 4) is 11.2 Å². The summed E-state index contributed by atoms with van der Waals surface area (Å²) in [6, 6.07) is 10.3. The summed E-state index contributed by atoms with van der Waals surface area (Å²) >= 11 is 0.349. The van der Waals surface area contributed by atoms with Crippen LogP contribution < -0.4 is 0 Å². The van der Waals surface area contributed by atoms with Crippen molar-refractivity contribution < 1.29 is 0 Å². The molecule has 0 aliphatic carbocycles. The fourth-order valence-electron chi connectivity index (χ4n) is 0.699. The second kappa shape index (κ2) is 4.17. The molecular formula is C9H8Se. The van der Waals surface area contributed by atoms with Gasteiger partial charge in [-0.2, -0.15) is 0 Å². The summed E-state index contributed by atoms with van der Waals surface area (Å²) in [5, 5.41) is 1.06. The van der Waals surface area contributed by atoms with Crippen LogP contribution in [0, 0.1) is 11.2 Å². The molecule has 0 nitrogen and oxygen atoms in total. The summed E-state index contributed by atoms with van der Waals surface area (Å²) in [6.07, 6.45) is 5.15. The van der Waals surface area contributed by atoms with Crippen molar-refractivity contribution in [3.63, 3.8) is 0 Å². The Morgan fingerprint density at radius 3 is 2.60 bits per heavy atom. The van der Waals surface area contributed by atoms with Crippen LogP contribution in [0.4, 0.5) is 0 Å². The van der Waals surface area contributed by atoms with E-state index in [9.17, 15) is 0 Å². The molecule has 50 valence electrons. The molecule has 0 saturated heterocycles. The molecule has 1 aromatic carbocycles. The molecule has 0 fully saturated rings. The Labute approximate surface area is 67.8 Å². The summed E-state index contributed by atoms with van der Waals surface area (Å²) in [5.41, 5.74) is 1.35. The number of rotatable bonds is 2. The Bertz CT molecular complexity index is 220. The molecule has 1 rings (SSSR count). The average molecular weight is 195 g/mol. The first-order chi connectivity index (χ1) is 4.93. The van der Waals surface area contributed by atoms with Gasteiger partial charge in [-0.3, -0.25) is 0 Å². The molecule has 0 bridgehead atoms. The van der Waals surface area contributed by atoms with E-state index in [1.807, 2.05) is 18.2 Å². The van der Waals surface area contributed by atoms with E-state index in [0.29, 0.717) is 15.0 Å². The molecule has 0 radical (unpaired) electrons. The molecule has 1 aromatic rings. The third-order valence-corrected chi connectivity index (χ3v) is 2.52. The molecular weight excluding hydrogens is 187 g/mol. The minimum atomic E-state index is 0.349. The van der Waals surface area contributed by atoms with Crippen LogP contribution in [0.15, 0.2) is 30.3 Å². The topological polar surface area (TPSA) is 0 Å². The molecule has 0 aromatic heterocycles. The fourth-order valence-corrected chi connectivity index (χ4v) is 1.63. The molecule has 0 amide bonds. The summed E-state index contributed by atoms with van der Waals surface area (Å²) < 4.78 is 0. The van der Waals surface area contributed by atoms with Gasteiger partial charge in [-0.05, 0) is 0 Å². The van der Waals surface area contributed by atoms with E-state index < -0.39 is 0 Å². The van der Waals surface area contributed by atoms with E-state index in [1.165, 1.54) is 5.56 Å². The zero-order chi connectivity index (χ0) is 7.23. The van der Waals surface area contributed by atoms with Crippen LogP contribution in [0.25, 0.3) is 0 Å². The summed E-state index contributed by atoms with van der Waals surface area (Å²) in [6.45, 7) is 0. The normalized spacial score (nSPS) is 8.70. The third kappa shape index (κ3) is 2.27. The number of hydrogen-bond acceptors (Lipinski definition) is 0. The van der Waals surface area contributed by atoms with Gasteiger partial charge < -0.3 is 0 Å². The predicted molar refractivity (Wildman–Crippen MR) is 44.7 cm³/mol. The van der Waals surface area contributed by atoms with Crippen LogP contribution in [0.2, 0.25) is 0 Å². The van der Waals surface area contributed by atoms with Crippen molar-refractivity contribution in [2.45, 2.75) is 5.32 Å². The van der Waals surface area contributed by atoms with Crippen LogP contribution in [0.3, 0.4) is 0 Å². The Morgan fingerprint density at radius 1 is 1.30 bits per heavy atom. The van der Waals surface area contributed by atoms with Crippen molar-refractivity contribution in [1.82, 2.24) is 0 Å². The third-order valence-electron chi connectivity index (χ3n) is 1.16. The summed E-state index contributed by atoms with van der Waals surface area (Å²) in [7, 11) is 0.